The standard InChI is InChI=1S/C10H10Cl2FN/c11-7-5-8(12)10(6-9(7)13)14-3-1-2-4-14/h5-6H,1-4H2. The SMILES string of the molecule is Fc1cc(N2CCCC2)c(Cl)cc1Cl. The van der Waals surface area contributed by atoms with Crippen LogP contribution in [0.2, 0.25) is 10.0 Å². The van der Waals surface area contributed by atoms with Gasteiger partial charge in [0.1, 0.15) is 5.82 Å². The Labute approximate surface area is 92.4 Å². The maximum Gasteiger partial charge on any atom is 0.143 e. The van der Waals surface area contributed by atoms with Crippen molar-refractivity contribution in [1.29, 1.82) is 0 Å². The van der Waals surface area contributed by atoms with Gasteiger partial charge in [0, 0.05) is 19.2 Å². The van der Waals surface area contributed by atoms with Crippen LogP contribution >= 0.6 is 23.2 Å². The molecule has 1 fully saturated rings. The molecule has 0 N–H and O–H groups in total. The van der Waals surface area contributed by atoms with Crippen LogP contribution in [0.1, 0.15) is 12.8 Å². The molecule has 0 amide bonds. The predicted molar refractivity (Wildman–Crippen MR) is 57.9 cm³/mol. The number of rotatable bonds is 1. The molecule has 0 bridgehead atoms. The van der Waals surface area contributed by atoms with Crippen LogP contribution in [0.5, 0.6) is 0 Å². The Kier molecular flexibility index (Phi) is 2.84. The number of nitrogens with zero attached hydrogens (tertiary/aromatic N) is 1. The summed E-state index contributed by atoms with van der Waals surface area (Å²) in [5.74, 6) is -0.405. The van der Waals surface area contributed by atoms with Gasteiger partial charge in [0.05, 0.1) is 15.7 Å². The second-order valence-corrected chi connectivity index (χ2v) is 4.23. The second kappa shape index (κ2) is 3.95. The average Bonchev–Trinajstić information content (AvgIpc) is 2.64. The van der Waals surface area contributed by atoms with Gasteiger partial charge in [0.25, 0.3) is 0 Å². The van der Waals surface area contributed by atoms with Crippen molar-refractivity contribution in [2.45, 2.75) is 12.8 Å². The van der Waals surface area contributed by atoms with Crippen molar-refractivity contribution in [3.8, 4) is 0 Å². The second-order valence-electron chi connectivity index (χ2n) is 3.41. The topological polar surface area (TPSA) is 3.24 Å². The van der Waals surface area contributed by atoms with Gasteiger partial charge in [0.15, 0.2) is 0 Å². The summed E-state index contributed by atoms with van der Waals surface area (Å²) in [7, 11) is 0. The summed E-state index contributed by atoms with van der Waals surface area (Å²) in [6, 6.07) is 2.88. The molecule has 0 atom stereocenters. The normalized spacial score (nSPS) is 16.4. The predicted octanol–water partition coefficient (Wildman–Crippen LogP) is 3.73. The highest BCUT2D eigenvalue weighted by Gasteiger charge is 2.17. The first kappa shape index (κ1) is 10.1. The first-order valence-corrected chi connectivity index (χ1v) is 5.33. The Balaban J connectivity index is 2.37. The molecule has 2 rings (SSSR count). The van der Waals surface area contributed by atoms with Gasteiger partial charge < -0.3 is 4.90 Å². The smallest absolute Gasteiger partial charge is 0.143 e. The molecule has 1 saturated heterocycles. The van der Waals surface area contributed by atoms with E-state index >= 15 is 0 Å². The van der Waals surface area contributed by atoms with Crippen molar-refractivity contribution >= 4 is 28.9 Å². The summed E-state index contributed by atoms with van der Waals surface area (Å²) in [4.78, 5) is 2.09. The van der Waals surface area contributed by atoms with Crippen LogP contribution in [0.25, 0.3) is 0 Å². The van der Waals surface area contributed by atoms with E-state index in [1.807, 2.05) is 0 Å². The van der Waals surface area contributed by atoms with Crippen LogP contribution in [-0.4, -0.2) is 13.1 Å². The molecule has 0 saturated carbocycles. The molecule has 1 aromatic carbocycles. The summed E-state index contributed by atoms with van der Waals surface area (Å²) < 4.78 is 13.2. The lowest BCUT2D eigenvalue weighted by Gasteiger charge is -2.19. The highest BCUT2D eigenvalue weighted by atomic mass is 35.5. The maximum atomic E-state index is 13.2. The van der Waals surface area contributed by atoms with Gasteiger partial charge in [0.2, 0.25) is 0 Å². The molecule has 0 spiro atoms. The molecule has 0 aliphatic carbocycles. The fourth-order valence-electron chi connectivity index (χ4n) is 1.71. The van der Waals surface area contributed by atoms with E-state index in [0.717, 1.165) is 31.6 Å². The zero-order chi connectivity index (χ0) is 10.1. The molecule has 1 aromatic rings. The summed E-state index contributed by atoms with van der Waals surface area (Å²) >= 11 is 11.6. The summed E-state index contributed by atoms with van der Waals surface area (Å²) in [5.41, 5.74) is 0.756. The van der Waals surface area contributed by atoms with Crippen LogP contribution in [-0.2, 0) is 0 Å². The minimum atomic E-state index is -0.405. The first-order chi connectivity index (χ1) is 6.68. The number of hydrogen-bond donors (Lipinski definition) is 0. The third kappa shape index (κ3) is 1.82. The molecule has 0 unspecified atom stereocenters. The summed E-state index contributed by atoms with van der Waals surface area (Å²) in [5, 5.41) is 0.608. The highest BCUT2D eigenvalue weighted by molar-refractivity contribution is 6.36. The lowest BCUT2D eigenvalue weighted by atomic mass is 10.3. The number of anilines is 1. The lowest BCUT2D eigenvalue weighted by molar-refractivity contribution is 0.627. The van der Waals surface area contributed by atoms with E-state index in [0.29, 0.717) is 5.02 Å². The van der Waals surface area contributed by atoms with Gasteiger partial charge >= 0.3 is 0 Å². The molecule has 14 heavy (non-hydrogen) atoms. The molecule has 1 aliphatic heterocycles. The van der Waals surface area contributed by atoms with Crippen molar-refractivity contribution in [2.75, 3.05) is 18.0 Å². The molecule has 1 aliphatic rings. The largest absolute Gasteiger partial charge is 0.370 e. The highest BCUT2D eigenvalue weighted by Crippen LogP contribution is 2.32. The van der Waals surface area contributed by atoms with E-state index in [1.165, 1.54) is 12.1 Å². The molecule has 4 heteroatoms. The van der Waals surface area contributed by atoms with Crippen molar-refractivity contribution in [1.82, 2.24) is 0 Å². The number of hydrogen-bond acceptors (Lipinski definition) is 1. The number of halogens is 3. The van der Waals surface area contributed by atoms with E-state index in [4.69, 9.17) is 23.2 Å². The van der Waals surface area contributed by atoms with Gasteiger partial charge in [-0.3, -0.25) is 0 Å². The maximum absolute atomic E-state index is 13.2. The van der Waals surface area contributed by atoms with Gasteiger partial charge in [-0.15, -0.1) is 0 Å². The Morgan fingerprint density at radius 1 is 1.07 bits per heavy atom. The fraction of sp³-hybridized carbons (Fsp3) is 0.400. The van der Waals surface area contributed by atoms with Gasteiger partial charge in [-0.05, 0) is 18.9 Å². The minimum Gasteiger partial charge on any atom is -0.370 e. The Morgan fingerprint density at radius 3 is 2.36 bits per heavy atom. The Hall–Kier alpha value is -0.470. The van der Waals surface area contributed by atoms with Crippen molar-refractivity contribution in [3.63, 3.8) is 0 Å². The Bertz CT molecular complexity index is 348. The average molecular weight is 234 g/mol. The van der Waals surface area contributed by atoms with Crippen LogP contribution in [0, 0.1) is 5.82 Å². The molecule has 0 radical (unpaired) electrons. The fourth-order valence-corrected chi connectivity index (χ4v) is 2.22. The van der Waals surface area contributed by atoms with Crippen molar-refractivity contribution < 1.29 is 4.39 Å². The summed E-state index contributed by atoms with van der Waals surface area (Å²) in [6.07, 6.45) is 2.28. The van der Waals surface area contributed by atoms with Gasteiger partial charge in [-0.25, -0.2) is 4.39 Å². The summed E-state index contributed by atoms with van der Waals surface area (Å²) in [6.45, 7) is 1.89. The molecule has 0 aromatic heterocycles. The van der Waals surface area contributed by atoms with E-state index in [9.17, 15) is 4.39 Å². The lowest BCUT2D eigenvalue weighted by Crippen LogP contribution is -2.18. The number of benzene rings is 1. The third-order valence-corrected chi connectivity index (χ3v) is 3.03. The van der Waals surface area contributed by atoms with E-state index in [2.05, 4.69) is 4.90 Å². The molecular formula is C10H10Cl2FN. The molecule has 76 valence electrons. The quantitative estimate of drug-likeness (QED) is 0.669. The third-order valence-electron chi connectivity index (χ3n) is 2.44. The molecule has 1 nitrogen and oxygen atoms in total. The van der Waals surface area contributed by atoms with Crippen molar-refractivity contribution in [3.05, 3.63) is 28.0 Å². The van der Waals surface area contributed by atoms with E-state index in [-0.39, 0.29) is 5.02 Å². The molecule has 1 heterocycles. The zero-order valence-corrected chi connectivity index (χ0v) is 9.08. The monoisotopic (exact) mass is 233 g/mol. The zero-order valence-electron chi connectivity index (χ0n) is 7.56. The minimum absolute atomic E-state index is 0.0814. The Morgan fingerprint density at radius 2 is 1.71 bits per heavy atom. The van der Waals surface area contributed by atoms with Gasteiger partial charge in [-0.2, -0.15) is 0 Å². The first-order valence-electron chi connectivity index (χ1n) is 4.58. The van der Waals surface area contributed by atoms with Crippen LogP contribution in [0.4, 0.5) is 10.1 Å². The van der Waals surface area contributed by atoms with E-state index < -0.39 is 5.82 Å². The van der Waals surface area contributed by atoms with E-state index in [1.54, 1.807) is 0 Å². The van der Waals surface area contributed by atoms with Crippen molar-refractivity contribution in [2.24, 2.45) is 0 Å². The van der Waals surface area contributed by atoms with Gasteiger partial charge in [-0.1, -0.05) is 23.2 Å². The van der Waals surface area contributed by atoms with Crippen LogP contribution in [0.3, 0.4) is 0 Å². The molecular weight excluding hydrogens is 224 g/mol. The van der Waals surface area contributed by atoms with Crippen LogP contribution < -0.4 is 4.90 Å². The van der Waals surface area contributed by atoms with Crippen LogP contribution in [0.15, 0.2) is 12.1 Å².